The molecule has 1 aliphatic carbocycles. The van der Waals surface area contributed by atoms with Crippen LogP contribution in [0.15, 0.2) is 17.1 Å². The number of likely N-dealkylation sites (N-methyl/N-ethyl adjacent to an activating group) is 1. The minimum absolute atomic E-state index is 0.0175. The molecule has 10 heteroatoms. The Morgan fingerprint density at radius 1 is 1.30 bits per heavy atom. The second kappa shape index (κ2) is 6.92. The molecular weight excluding hydrogens is 400 g/mol. The first-order chi connectivity index (χ1) is 14.3. The third-order valence-corrected chi connectivity index (χ3v) is 6.20. The number of benzene rings is 1. The van der Waals surface area contributed by atoms with Crippen LogP contribution in [0, 0.1) is 17.6 Å². The van der Waals surface area contributed by atoms with Crippen molar-refractivity contribution in [2.45, 2.75) is 24.9 Å². The number of anilines is 1. The number of hydrogen-bond donors (Lipinski definition) is 1. The molecule has 0 amide bonds. The zero-order valence-corrected chi connectivity index (χ0v) is 16.3. The van der Waals surface area contributed by atoms with E-state index >= 15 is 8.78 Å². The quantitative estimate of drug-likeness (QED) is 0.762. The van der Waals surface area contributed by atoms with Crippen LogP contribution >= 0.6 is 0 Å². The molecule has 1 aromatic heterocycles. The Kier molecular flexibility index (Phi) is 4.44. The van der Waals surface area contributed by atoms with Gasteiger partial charge in [-0.2, -0.15) is 0 Å². The van der Waals surface area contributed by atoms with Crippen molar-refractivity contribution in [2.75, 3.05) is 38.4 Å². The minimum Gasteiger partial charge on any atom is -0.449 e. The molecule has 2 aromatic rings. The Balaban J connectivity index is 1.65. The summed E-state index contributed by atoms with van der Waals surface area (Å²) in [5.74, 6) is -1.98. The SMILES string of the molecule is CN1COCC2CN(c3c(F)cc4c(=O)c(OC(=O)O)cn(C5CC5)c4c3F)CC21. The van der Waals surface area contributed by atoms with Gasteiger partial charge in [0.25, 0.3) is 0 Å². The van der Waals surface area contributed by atoms with Gasteiger partial charge in [0.05, 0.1) is 30.4 Å². The molecule has 2 saturated heterocycles. The highest BCUT2D eigenvalue weighted by Crippen LogP contribution is 2.41. The van der Waals surface area contributed by atoms with Gasteiger partial charge < -0.3 is 24.0 Å². The summed E-state index contributed by atoms with van der Waals surface area (Å²) in [6, 6.07) is 1.04. The van der Waals surface area contributed by atoms with Crippen LogP contribution in [0.3, 0.4) is 0 Å². The first kappa shape index (κ1) is 19.3. The van der Waals surface area contributed by atoms with E-state index in [0.29, 0.717) is 26.4 Å². The van der Waals surface area contributed by atoms with Gasteiger partial charge in [-0.15, -0.1) is 0 Å². The van der Waals surface area contributed by atoms with Crippen LogP contribution in [0.4, 0.5) is 19.3 Å². The summed E-state index contributed by atoms with van der Waals surface area (Å²) in [7, 11) is 1.92. The Labute approximate surface area is 170 Å². The fourth-order valence-electron chi connectivity index (χ4n) is 4.65. The predicted octanol–water partition coefficient (Wildman–Crippen LogP) is 2.40. The van der Waals surface area contributed by atoms with Gasteiger partial charge >= 0.3 is 6.16 Å². The van der Waals surface area contributed by atoms with Crippen LogP contribution in [-0.4, -0.2) is 60.2 Å². The molecule has 1 saturated carbocycles. The zero-order chi connectivity index (χ0) is 21.2. The fraction of sp³-hybridized carbons (Fsp3) is 0.500. The molecule has 1 N–H and O–H groups in total. The number of aromatic nitrogens is 1. The third-order valence-electron chi connectivity index (χ3n) is 6.20. The summed E-state index contributed by atoms with van der Waals surface area (Å²) in [5.41, 5.74) is -1.03. The van der Waals surface area contributed by atoms with Gasteiger partial charge in [0.15, 0.2) is 11.6 Å². The van der Waals surface area contributed by atoms with Crippen molar-refractivity contribution in [2.24, 2.45) is 5.92 Å². The lowest BCUT2D eigenvalue weighted by molar-refractivity contribution is -0.0532. The van der Waals surface area contributed by atoms with E-state index < -0.39 is 29.0 Å². The van der Waals surface area contributed by atoms with Gasteiger partial charge in [0, 0.05) is 31.1 Å². The normalized spacial score (nSPS) is 24.3. The summed E-state index contributed by atoms with van der Waals surface area (Å²) in [4.78, 5) is 27.3. The Hall–Kier alpha value is -2.72. The van der Waals surface area contributed by atoms with Gasteiger partial charge in [-0.1, -0.05) is 0 Å². The topological polar surface area (TPSA) is 84.2 Å². The monoisotopic (exact) mass is 421 g/mol. The molecule has 3 aliphatic rings. The van der Waals surface area contributed by atoms with Crippen LogP contribution < -0.4 is 15.1 Å². The highest BCUT2D eigenvalue weighted by atomic mass is 19.1. The number of fused-ring (bicyclic) bond motifs is 2. The van der Waals surface area contributed by atoms with Crippen LogP contribution in [0.25, 0.3) is 10.9 Å². The maximum atomic E-state index is 15.7. The third kappa shape index (κ3) is 3.02. The maximum Gasteiger partial charge on any atom is 0.511 e. The number of carbonyl (C=O) groups is 1. The smallest absolute Gasteiger partial charge is 0.449 e. The van der Waals surface area contributed by atoms with E-state index in [-0.39, 0.29) is 34.6 Å². The second-order valence-electron chi connectivity index (χ2n) is 8.24. The van der Waals surface area contributed by atoms with Crippen molar-refractivity contribution in [3.63, 3.8) is 0 Å². The van der Waals surface area contributed by atoms with Crippen molar-refractivity contribution in [3.05, 3.63) is 34.1 Å². The van der Waals surface area contributed by atoms with Crippen molar-refractivity contribution < 1.29 is 28.2 Å². The summed E-state index contributed by atoms with van der Waals surface area (Å²) < 4.78 is 42.4. The Morgan fingerprint density at radius 3 is 2.73 bits per heavy atom. The highest BCUT2D eigenvalue weighted by molar-refractivity contribution is 5.86. The van der Waals surface area contributed by atoms with Crippen LogP contribution in [0.5, 0.6) is 5.75 Å². The van der Waals surface area contributed by atoms with E-state index in [4.69, 9.17) is 9.84 Å². The zero-order valence-electron chi connectivity index (χ0n) is 16.3. The molecular formula is C20H21F2N3O5. The van der Waals surface area contributed by atoms with Crippen LogP contribution in [0.2, 0.25) is 0 Å². The number of pyridine rings is 1. The lowest BCUT2D eigenvalue weighted by atomic mass is 10.0. The summed E-state index contributed by atoms with van der Waals surface area (Å²) in [6.45, 7) is 1.91. The van der Waals surface area contributed by atoms with Gasteiger partial charge in [-0.3, -0.25) is 9.69 Å². The predicted molar refractivity (Wildman–Crippen MR) is 103 cm³/mol. The molecule has 2 aliphatic heterocycles. The van der Waals surface area contributed by atoms with E-state index in [0.717, 1.165) is 18.9 Å². The van der Waals surface area contributed by atoms with E-state index in [1.165, 1.54) is 10.8 Å². The molecule has 0 bridgehead atoms. The number of nitrogens with zero attached hydrogens (tertiary/aromatic N) is 3. The minimum atomic E-state index is -1.66. The molecule has 5 rings (SSSR count). The first-order valence-electron chi connectivity index (χ1n) is 9.85. The molecule has 0 radical (unpaired) electrons. The molecule has 3 heterocycles. The summed E-state index contributed by atoms with van der Waals surface area (Å²) in [5, 5.41) is 8.66. The van der Waals surface area contributed by atoms with E-state index in [9.17, 15) is 9.59 Å². The van der Waals surface area contributed by atoms with E-state index in [1.807, 2.05) is 11.9 Å². The number of ether oxygens (including phenoxy) is 2. The number of halogens is 2. The average Bonchev–Trinajstić information content (AvgIpc) is 3.43. The van der Waals surface area contributed by atoms with Gasteiger partial charge in [0.2, 0.25) is 5.43 Å². The molecule has 8 nitrogen and oxygen atoms in total. The van der Waals surface area contributed by atoms with E-state index in [1.54, 1.807) is 4.90 Å². The maximum absolute atomic E-state index is 15.7. The molecule has 160 valence electrons. The van der Waals surface area contributed by atoms with Gasteiger partial charge in [-0.25, -0.2) is 13.6 Å². The molecule has 0 spiro atoms. The molecule has 1 aromatic carbocycles. The average molecular weight is 421 g/mol. The standard InChI is InChI=1S/C20H21F2N3O5/c1-23-9-29-8-10-5-24(6-14(10)23)18-13(21)4-12-17(16(18)22)25(11-2-3-11)7-15(19(12)26)30-20(27)28/h4,7,10-11,14H,2-3,5-6,8-9H2,1H3,(H,27,28). The van der Waals surface area contributed by atoms with Crippen LogP contribution in [0.1, 0.15) is 18.9 Å². The van der Waals surface area contributed by atoms with Crippen LogP contribution in [-0.2, 0) is 4.74 Å². The number of hydrogen-bond acceptors (Lipinski definition) is 6. The Morgan fingerprint density at radius 2 is 2.07 bits per heavy atom. The fourth-order valence-corrected chi connectivity index (χ4v) is 4.65. The van der Waals surface area contributed by atoms with Gasteiger partial charge in [0.1, 0.15) is 11.5 Å². The van der Waals surface area contributed by atoms with Crippen molar-refractivity contribution in [1.82, 2.24) is 9.47 Å². The second-order valence-corrected chi connectivity index (χ2v) is 8.24. The first-order valence-corrected chi connectivity index (χ1v) is 9.85. The lowest BCUT2D eigenvalue weighted by Gasteiger charge is -2.33. The molecule has 2 unspecified atom stereocenters. The van der Waals surface area contributed by atoms with E-state index in [2.05, 4.69) is 4.74 Å². The summed E-state index contributed by atoms with van der Waals surface area (Å²) >= 11 is 0. The lowest BCUT2D eigenvalue weighted by Crippen LogP contribution is -2.45. The summed E-state index contributed by atoms with van der Waals surface area (Å²) in [6.07, 6.45) is 1.07. The van der Waals surface area contributed by atoms with Crippen molar-refractivity contribution in [3.8, 4) is 5.75 Å². The molecule has 30 heavy (non-hydrogen) atoms. The number of carboxylic acid groups (broad SMARTS) is 1. The van der Waals surface area contributed by atoms with Crippen molar-refractivity contribution in [1.29, 1.82) is 0 Å². The largest absolute Gasteiger partial charge is 0.511 e. The molecule has 2 atom stereocenters. The highest BCUT2D eigenvalue weighted by Gasteiger charge is 2.40. The Bertz CT molecular complexity index is 1100. The van der Waals surface area contributed by atoms with Crippen molar-refractivity contribution >= 4 is 22.7 Å². The molecule has 3 fully saturated rings. The van der Waals surface area contributed by atoms with Gasteiger partial charge in [-0.05, 0) is 26.0 Å². The number of rotatable bonds is 3.